The second-order valence-corrected chi connectivity index (χ2v) is 3.98. The monoisotopic (exact) mass is 223 g/mol. The quantitative estimate of drug-likeness (QED) is 0.766. The van der Waals surface area contributed by atoms with Gasteiger partial charge in [0.15, 0.2) is 0 Å². The largest absolute Gasteiger partial charge is 0.396 e. The van der Waals surface area contributed by atoms with Gasteiger partial charge in [0, 0.05) is 19.3 Å². The first-order valence-corrected chi connectivity index (χ1v) is 5.76. The Hall–Kier alpha value is -1.06. The number of benzene rings is 1. The fourth-order valence-corrected chi connectivity index (χ4v) is 1.73. The zero-order valence-corrected chi connectivity index (χ0v) is 10.1. The number of hydrogen-bond donors (Lipinski definition) is 2. The number of aliphatic hydroxyl groups is 2. The molecule has 0 aliphatic rings. The van der Waals surface area contributed by atoms with Crippen LogP contribution in [0.15, 0.2) is 24.3 Å². The highest BCUT2D eigenvalue weighted by Gasteiger charge is 2.13. The van der Waals surface area contributed by atoms with Crippen molar-refractivity contribution in [1.29, 1.82) is 0 Å². The second kappa shape index (κ2) is 6.51. The van der Waals surface area contributed by atoms with Crippen LogP contribution >= 0.6 is 0 Å². The predicted octanol–water partition coefficient (Wildman–Crippen LogP) is 1.43. The molecule has 2 N–H and O–H groups in total. The average Bonchev–Trinajstić information content (AvgIpc) is 2.35. The van der Waals surface area contributed by atoms with Gasteiger partial charge in [-0.15, -0.1) is 0 Å². The molecule has 0 saturated heterocycles. The summed E-state index contributed by atoms with van der Waals surface area (Å²) in [7, 11) is 1.94. The third kappa shape index (κ3) is 3.22. The Bertz CT molecular complexity index is 297. The summed E-state index contributed by atoms with van der Waals surface area (Å²) in [6, 6.07) is 8.29. The van der Waals surface area contributed by atoms with Gasteiger partial charge in [0.05, 0.1) is 12.6 Å². The number of hydrogen-bond acceptors (Lipinski definition) is 3. The van der Waals surface area contributed by atoms with E-state index in [2.05, 4.69) is 31.2 Å². The van der Waals surface area contributed by atoms with Crippen LogP contribution in [-0.2, 0) is 6.42 Å². The lowest BCUT2D eigenvalue weighted by Crippen LogP contribution is -2.35. The normalized spacial score (nSPS) is 12.5. The Morgan fingerprint density at radius 2 is 1.81 bits per heavy atom. The van der Waals surface area contributed by atoms with Crippen molar-refractivity contribution in [2.75, 3.05) is 25.2 Å². The molecule has 1 atom stereocenters. The summed E-state index contributed by atoms with van der Waals surface area (Å²) in [5, 5.41) is 18.1. The lowest BCUT2D eigenvalue weighted by molar-refractivity contribution is 0.218. The third-order valence-corrected chi connectivity index (χ3v) is 2.97. The van der Waals surface area contributed by atoms with Crippen molar-refractivity contribution in [3.63, 3.8) is 0 Å². The molecule has 0 bridgehead atoms. The minimum Gasteiger partial charge on any atom is -0.396 e. The lowest BCUT2D eigenvalue weighted by Gasteiger charge is -2.28. The van der Waals surface area contributed by atoms with E-state index in [0.717, 1.165) is 12.1 Å². The van der Waals surface area contributed by atoms with E-state index in [0.29, 0.717) is 6.42 Å². The van der Waals surface area contributed by atoms with Crippen LogP contribution in [0, 0.1) is 0 Å². The molecule has 0 spiro atoms. The van der Waals surface area contributed by atoms with Crippen molar-refractivity contribution in [3.05, 3.63) is 29.8 Å². The van der Waals surface area contributed by atoms with Crippen LogP contribution in [0.25, 0.3) is 0 Å². The van der Waals surface area contributed by atoms with Crippen LogP contribution in [0.1, 0.15) is 18.9 Å². The Kier molecular flexibility index (Phi) is 5.29. The van der Waals surface area contributed by atoms with Gasteiger partial charge in [-0.1, -0.05) is 19.1 Å². The summed E-state index contributed by atoms with van der Waals surface area (Å²) >= 11 is 0. The molecule has 3 nitrogen and oxygen atoms in total. The zero-order chi connectivity index (χ0) is 12.0. The molecular weight excluding hydrogens is 202 g/mol. The number of rotatable bonds is 6. The second-order valence-electron chi connectivity index (χ2n) is 3.98. The Balaban J connectivity index is 2.73. The molecule has 0 saturated carbocycles. The maximum atomic E-state index is 9.24. The molecule has 0 fully saturated rings. The van der Waals surface area contributed by atoms with E-state index in [1.165, 1.54) is 5.56 Å². The van der Waals surface area contributed by atoms with Gasteiger partial charge in [-0.2, -0.15) is 0 Å². The van der Waals surface area contributed by atoms with E-state index in [9.17, 15) is 5.11 Å². The summed E-state index contributed by atoms with van der Waals surface area (Å²) in [6.45, 7) is 2.29. The molecule has 0 aliphatic carbocycles. The number of anilines is 1. The summed E-state index contributed by atoms with van der Waals surface area (Å²) in [4.78, 5) is 2.01. The van der Waals surface area contributed by atoms with Crippen LogP contribution in [0.2, 0.25) is 0 Å². The highest BCUT2D eigenvalue weighted by molar-refractivity contribution is 5.47. The minimum absolute atomic E-state index is 0.0162. The maximum Gasteiger partial charge on any atom is 0.0635 e. The van der Waals surface area contributed by atoms with E-state index >= 15 is 0 Å². The summed E-state index contributed by atoms with van der Waals surface area (Å²) in [6.07, 6.45) is 1.62. The number of likely N-dealkylation sites (N-methyl/N-ethyl adjacent to an activating group) is 1. The molecule has 0 amide bonds. The number of aliphatic hydroxyl groups excluding tert-OH is 2. The van der Waals surface area contributed by atoms with Gasteiger partial charge in [-0.3, -0.25) is 0 Å². The zero-order valence-electron chi connectivity index (χ0n) is 10.1. The first kappa shape index (κ1) is 13.0. The standard InChI is InChI=1S/C13H21NO2/c1-3-11-4-6-12(7-5-11)14(2)13(10-16)8-9-15/h4-7,13,15-16H,3,8-10H2,1-2H3. The molecule has 1 aromatic rings. The predicted molar refractivity (Wildman–Crippen MR) is 66.8 cm³/mol. The molecule has 16 heavy (non-hydrogen) atoms. The Labute approximate surface area is 97.3 Å². The molecule has 0 radical (unpaired) electrons. The lowest BCUT2D eigenvalue weighted by atomic mass is 10.1. The van der Waals surface area contributed by atoms with Crippen LogP contribution in [0.3, 0.4) is 0 Å². The van der Waals surface area contributed by atoms with Crippen LogP contribution in [0.4, 0.5) is 5.69 Å². The van der Waals surface area contributed by atoms with Crippen LogP contribution in [0.5, 0.6) is 0 Å². The Morgan fingerprint density at radius 1 is 1.19 bits per heavy atom. The van der Waals surface area contributed by atoms with Crippen molar-refractivity contribution < 1.29 is 10.2 Å². The summed E-state index contributed by atoms with van der Waals surface area (Å²) in [5.74, 6) is 0. The SMILES string of the molecule is CCc1ccc(N(C)C(CO)CCO)cc1. The highest BCUT2D eigenvalue weighted by Crippen LogP contribution is 2.17. The minimum atomic E-state index is -0.0162. The fraction of sp³-hybridized carbons (Fsp3) is 0.538. The van der Waals surface area contributed by atoms with Crippen molar-refractivity contribution in [2.24, 2.45) is 0 Å². The van der Waals surface area contributed by atoms with Gasteiger partial charge in [-0.25, -0.2) is 0 Å². The molecule has 3 heteroatoms. The average molecular weight is 223 g/mol. The van der Waals surface area contributed by atoms with E-state index in [4.69, 9.17) is 5.11 Å². The van der Waals surface area contributed by atoms with Gasteiger partial charge in [0.1, 0.15) is 0 Å². The third-order valence-electron chi connectivity index (χ3n) is 2.97. The number of aryl methyl sites for hydroxylation is 1. The first-order valence-electron chi connectivity index (χ1n) is 5.76. The van der Waals surface area contributed by atoms with Crippen LogP contribution < -0.4 is 4.90 Å². The van der Waals surface area contributed by atoms with E-state index in [1.54, 1.807) is 0 Å². The van der Waals surface area contributed by atoms with Crippen molar-refractivity contribution in [2.45, 2.75) is 25.8 Å². The molecule has 1 unspecified atom stereocenters. The van der Waals surface area contributed by atoms with Gasteiger partial charge >= 0.3 is 0 Å². The summed E-state index contributed by atoms with van der Waals surface area (Å²) in [5.41, 5.74) is 2.38. The molecule has 1 aromatic carbocycles. The molecular formula is C13H21NO2. The molecule has 0 aliphatic heterocycles. The van der Waals surface area contributed by atoms with E-state index in [-0.39, 0.29) is 19.3 Å². The first-order chi connectivity index (χ1) is 7.72. The highest BCUT2D eigenvalue weighted by atomic mass is 16.3. The van der Waals surface area contributed by atoms with Crippen molar-refractivity contribution in [3.8, 4) is 0 Å². The topological polar surface area (TPSA) is 43.7 Å². The molecule has 0 aromatic heterocycles. The molecule has 90 valence electrons. The van der Waals surface area contributed by atoms with Gasteiger partial charge in [0.25, 0.3) is 0 Å². The van der Waals surface area contributed by atoms with Crippen molar-refractivity contribution >= 4 is 5.69 Å². The van der Waals surface area contributed by atoms with Crippen LogP contribution in [-0.4, -0.2) is 36.5 Å². The number of nitrogens with zero attached hydrogens (tertiary/aromatic N) is 1. The van der Waals surface area contributed by atoms with E-state index < -0.39 is 0 Å². The smallest absolute Gasteiger partial charge is 0.0635 e. The Morgan fingerprint density at radius 3 is 2.25 bits per heavy atom. The summed E-state index contributed by atoms with van der Waals surface area (Å²) < 4.78 is 0. The molecule has 1 rings (SSSR count). The molecule has 0 heterocycles. The van der Waals surface area contributed by atoms with Gasteiger partial charge in [-0.05, 0) is 30.5 Å². The fourth-order valence-electron chi connectivity index (χ4n) is 1.73. The van der Waals surface area contributed by atoms with Gasteiger partial charge < -0.3 is 15.1 Å². The van der Waals surface area contributed by atoms with Crippen molar-refractivity contribution in [1.82, 2.24) is 0 Å². The van der Waals surface area contributed by atoms with E-state index in [1.807, 2.05) is 11.9 Å². The maximum absolute atomic E-state index is 9.24. The van der Waals surface area contributed by atoms with Gasteiger partial charge in [0.2, 0.25) is 0 Å².